The molecule has 0 saturated carbocycles. The molecule has 0 unspecified atom stereocenters. The van der Waals surface area contributed by atoms with Crippen molar-refractivity contribution in [1.82, 2.24) is 10.6 Å². The summed E-state index contributed by atoms with van der Waals surface area (Å²) in [7, 11) is 1.67. The summed E-state index contributed by atoms with van der Waals surface area (Å²) in [6.45, 7) is 2.31. The number of aliphatic hydroxyl groups excluding tert-OH is 1. The van der Waals surface area contributed by atoms with Crippen molar-refractivity contribution < 1.29 is 24.5 Å². The van der Waals surface area contributed by atoms with E-state index in [0.717, 1.165) is 57.1 Å². The molecule has 4 bridgehead atoms. The number of guanidine groups is 1. The van der Waals surface area contributed by atoms with Gasteiger partial charge in [0.15, 0.2) is 17.5 Å². The van der Waals surface area contributed by atoms with E-state index in [4.69, 9.17) is 15.2 Å². The molecule has 2 aliphatic carbocycles. The third-order valence-corrected chi connectivity index (χ3v) is 9.78. The summed E-state index contributed by atoms with van der Waals surface area (Å²) in [5, 5.41) is 29.1. The number of aromatic hydroxyl groups is 1. The minimum Gasteiger partial charge on any atom is -0.504 e. The van der Waals surface area contributed by atoms with E-state index >= 15 is 0 Å². The van der Waals surface area contributed by atoms with Gasteiger partial charge < -0.3 is 36.1 Å². The number of phenols is 1. The molecule has 1 aromatic carbocycles. The molecule has 1 spiro atoms. The smallest absolute Gasteiger partial charge is 0.302 e. The van der Waals surface area contributed by atoms with Crippen molar-refractivity contribution in [1.29, 1.82) is 0 Å². The molecule has 2 heterocycles. The summed E-state index contributed by atoms with van der Waals surface area (Å²) < 4.78 is 12.3. The molecule has 0 amide bonds. The second-order valence-electron chi connectivity index (χ2n) is 12.8. The zero-order valence-corrected chi connectivity index (χ0v) is 25.6. The lowest BCUT2D eigenvalue weighted by Gasteiger charge is -2.40. The zero-order chi connectivity index (χ0) is 30.4. The summed E-state index contributed by atoms with van der Waals surface area (Å²) in [4.78, 5) is 16.5. The highest BCUT2D eigenvalue weighted by molar-refractivity contribution is 5.78. The fraction of sp³-hybridized carbons (Fsp3) is 0.647. The Balaban J connectivity index is 1.58. The fourth-order valence-electron chi connectivity index (χ4n) is 7.41. The quantitative estimate of drug-likeness (QED) is 0.116. The monoisotopic (exact) mass is 592 g/mol. The van der Waals surface area contributed by atoms with Crippen LogP contribution in [0, 0.1) is 29.1 Å². The van der Waals surface area contributed by atoms with Gasteiger partial charge in [-0.3, -0.25) is 9.79 Å². The van der Waals surface area contributed by atoms with Crippen molar-refractivity contribution in [3.05, 3.63) is 35.9 Å². The number of carbonyl (C=O) groups excluding carboxylic acids is 1. The highest BCUT2D eigenvalue weighted by atomic mass is 16.5. The van der Waals surface area contributed by atoms with E-state index in [1.807, 2.05) is 12.1 Å². The van der Waals surface area contributed by atoms with E-state index in [1.165, 1.54) is 6.92 Å². The average molecular weight is 593 g/mol. The number of hydrogen-bond donors (Lipinski definition) is 5. The summed E-state index contributed by atoms with van der Waals surface area (Å²) in [5.74, 6) is 7.91. The van der Waals surface area contributed by atoms with E-state index in [-0.39, 0.29) is 35.7 Å². The van der Waals surface area contributed by atoms with Gasteiger partial charge in [-0.25, -0.2) is 0 Å². The molecule has 4 aliphatic rings. The lowest BCUT2D eigenvalue weighted by atomic mass is 9.68. The van der Waals surface area contributed by atoms with Gasteiger partial charge in [-0.1, -0.05) is 36.5 Å². The van der Waals surface area contributed by atoms with Crippen molar-refractivity contribution in [2.75, 3.05) is 13.6 Å². The number of aliphatic hydroxyl groups is 1. The number of piperidine rings is 1. The minimum absolute atomic E-state index is 0.0420. The Morgan fingerprint density at radius 3 is 2.91 bits per heavy atom. The molecule has 9 heteroatoms. The largest absolute Gasteiger partial charge is 0.504 e. The standard InChI is InChI=1S/C34H48N4O5/c1-22(39)42-30-21-26(40)12-16-34(14-4-3-8-32(34)38-33(35)36-2)15-11-24-6-5-7-25-20-27(13-17-37-25)43-31-19-23(18-28(24)30)9-10-29(31)41/h3,8-10,19,24-28,30,32,37,40-41H,4-7,12-14,16-18,20-21H2,1-2H3,(H3,35,36,38)/t24-,25+,26-,27+,28-,30+,32-,34-/m0/s1. The predicted octanol–water partition coefficient (Wildman–Crippen LogP) is 3.57. The van der Waals surface area contributed by atoms with Gasteiger partial charge in [-0.2, -0.15) is 0 Å². The van der Waals surface area contributed by atoms with E-state index in [9.17, 15) is 15.0 Å². The van der Waals surface area contributed by atoms with E-state index in [1.54, 1.807) is 13.1 Å². The molecule has 1 fully saturated rings. The van der Waals surface area contributed by atoms with Gasteiger partial charge in [0.25, 0.3) is 0 Å². The maximum Gasteiger partial charge on any atom is 0.302 e. The molecular weight excluding hydrogens is 544 g/mol. The number of nitrogens with two attached hydrogens (primary N) is 1. The average Bonchev–Trinajstić information content (AvgIpc) is 2.99. The number of allylic oxidation sites excluding steroid dienone is 1. The second kappa shape index (κ2) is 14.0. The van der Waals surface area contributed by atoms with Crippen molar-refractivity contribution in [2.24, 2.45) is 28.0 Å². The number of nitrogens with one attached hydrogen (secondary N) is 2. The van der Waals surface area contributed by atoms with Crippen LogP contribution in [0.2, 0.25) is 0 Å². The molecule has 8 atom stereocenters. The van der Waals surface area contributed by atoms with E-state index < -0.39 is 17.6 Å². The SMILES string of the molecule is CN=C(N)N[C@H]1C=CCC[C@@]12C#C[C@@H]1CCC[C@@H]3C[C@@H](CCN3)Oc3cc(ccc3O)C[C@@H]1[C@H](OC(C)=O)C[C@@H](O)CC2. The molecule has 1 saturated heterocycles. The maximum atomic E-state index is 12.4. The lowest BCUT2D eigenvalue weighted by Crippen LogP contribution is -2.50. The first-order chi connectivity index (χ1) is 20.7. The number of rotatable bonds is 2. The van der Waals surface area contributed by atoms with Crippen molar-refractivity contribution in [3.8, 4) is 23.3 Å². The Hall–Kier alpha value is -3.22. The Morgan fingerprint density at radius 1 is 1.23 bits per heavy atom. The predicted molar refractivity (Wildman–Crippen MR) is 167 cm³/mol. The highest BCUT2D eigenvalue weighted by Gasteiger charge is 2.41. The van der Waals surface area contributed by atoms with Crippen LogP contribution >= 0.6 is 0 Å². The molecule has 1 aromatic rings. The Bertz CT molecular complexity index is 1250. The molecule has 234 valence electrons. The van der Waals surface area contributed by atoms with Crippen LogP contribution in [0.4, 0.5) is 0 Å². The van der Waals surface area contributed by atoms with Gasteiger partial charge in [0.05, 0.1) is 17.6 Å². The van der Waals surface area contributed by atoms with Crippen molar-refractivity contribution in [2.45, 2.75) is 108 Å². The number of fused-ring (bicyclic) bond motifs is 5. The summed E-state index contributed by atoms with van der Waals surface area (Å²) in [5.41, 5.74) is 6.71. The Kier molecular flexibility index (Phi) is 10.2. The number of hydrogen-bond acceptors (Lipinski definition) is 7. The van der Waals surface area contributed by atoms with Crippen molar-refractivity contribution >= 4 is 11.9 Å². The van der Waals surface area contributed by atoms with Crippen LogP contribution in [-0.4, -0.2) is 66.1 Å². The van der Waals surface area contributed by atoms with Crippen LogP contribution < -0.4 is 21.1 Å². The molecule has 43 heavy (non-hydrogen) atoms. The highest BCUT2D eigenvalue weighted by Crippen LogP contribution is 2.41. The van der Waals surface area contributed by atoms with Gasteiger partial charge in [0.2, 0.25) is 0 Å². The number of carbonyl (C=O) groups is 1. The third-order valence-electron chi connectivity index (χ3n) is 9.78. The third kappa shape index (κ3) is 7.84. The maximum absolute atomic E-state index is 12.4. The van der Waals surface area contributed by atoms with Gasteiger partial charge in [-0.15, -0.1) is 0 Å². The molecule has 6 N–H and O–H groups in total. The Morgan fingerprint density at radius 2 is 2.09 bits per heavy atom. The van der Waals surface area contributed by atoms with Crippen LogP contribution in [0.15, 0.2) is 35.3 Å². The van der Waals surface area contributed by atoms with Gasteiger partial charge >= 0.3 is 5.97 Å². The van der Waals surface area contributed by atoms with Crippen molar-refractivity contribution in [3.63, 3.8) is 0 Å². The fourth-order valence-corrected chi connectivity index (χ4v) is 7.41. The topological polar surface area (TPSA) is 138 Å². The number of phenolic OH excluding ortho intramolecular Hbond substituents is 1. The Labute approximate surface area is 255 Å². The molecule has 5 rings (SSSR count). The first-order valence-corrected chi connectivity index (χ1v) is 16.0. The molecule has 0 aromatic heterocycles. The number of esters is 1. The minimum atomic E-state index is -0.655. The normalized spacial score (nSPS) is 35.0. The van der Waals surface area contributed by atoms with Gasteiger partial charge in [0.1, 0.15) is 12.2 Å². The summed E-state index contributed by atoms with van der Waals surface area (Å²) in [6.07, 6.45) is 11.7. The second-order valence-corrected chi connectivity index (χ2v) is 12.8. The van der Waals surface area contributed by atoms with Crippen LogP contribution in [0.25, 0.3) is 0 Å². The number of aliphatic imine (C=N–C) groups is 1. The molecule has 9 nitrogen and oxygen atoms in total. The number of benzene rings is 1. The van der Waals surface area contributed by atoms with Gasteiger partial charge in [-0.05, 0) is 82.0 Å². The molecule has 0 radical (unpaired) electrons. The molecular formula is C34H48N4O5. The van der Waals surface area contributed by atoms with Gasteiger partial charge in [0, 0.05) is 38.3 Å². The van der Waals surface area contributed by atoms with E-state index in [0.29, 0.717) is 43.4 Å². The number of nitrogens with zero attached hydrogens (tertiary/aromatic N) is 1. The van der Waals surface area contributed by atoms with Crippen LogP contribution in [0.1, 0.15) is 76.7 Å². The van der Waals surface area contributed by atoms with E-state index in [2.05, 4.69) is 39.6 Å². The first-order valence-electron chi connectivity index (χ1n) is 16.0. The zero-order valence-electron chi connectivity index (χ0n) is 25.6. The number of ether oxygens (including phenoxy) is 2. The first kappa shape index (κ1) is 31.2. The molecule has 2 aliphatic heterocycles. The van der Waals surface area contributed by atoms with Crippen LogP contribution in [0.5, 0.6) is 11.5 Å². The van der Waals surface area contributed by atoms with Crippen LogP contribution in [0.3, 0.4) is 0 Å². The summed E-state index contributed by atoms with van der Waals surface area (Å²) in [6, 6.07) is 5.73. The van der Waals surface area contributed by atoms with Crippen LogP contribution in [-0.2, 0) is 16.0 Å². The summed E-state index contributed by atoms with van der Waals surface area (Å²) >= 11 is 0. The lowest BCUT2D eigenvalue weighted by molar-refractivity contribution is -0.152.